The third-order valence-corrected chi connectivity index (χ3v) is 2.78. The second-order valence-electron chi connectivity index (χ2n) is 4.52. The van der Waals surface area contributed by atoms with Gasteiger partial charge in [0, 0.05) is 6.42 Å². The van der Waals surface area contributed by atoms with Gasteiger partial charge < -0.3 is 14.2 Å². The monoisotopic (exact) mass is 318 g/mol. The van der Waals surface area contributed by atoms with E-state index in [2.05, 4.69) is 0 Å². The lowest BCUT2D eigenvalue weighted by Crippen LogP contribution is -2.03. The lowest BCUT2D eigenvalue weighted by atomic mass is 10.1. The molecule has 124 valence electrons. The van der Waals surface area contributed by atoms with Crippen molar-refractivity contribution in [2.24, 2.45) is 0 Å². The number of carbonyl (C=O) groups is 2. The van der Waals surface area contributed by atoms with Gasteiger partial charge in [-0.15, -0.1) is 0 Å². The molecule has 0 aliphatic carbocycles. The van der Waals surface area contributed by atoms with Crippen molar-refractivity contribution in [3.63, 3.8) is 0 Å². The van der Waals surface area contributed by atoms with Crippen LogP contribution in [0.15, 0.2) is 54.5 Å². The van der Waals surface area contributed by atoms with Gasteiger partial charge in [-0.05, 0) is 25.8 Å². The van der Waals surface area contributed by atoms with Gasteiger partial charge in [-0.1, -0.05) is 30.3 Å². The highest BCUT2D eigenvalue weighted by atomic mass is 16.5. The van der Waals surface area contributed by atoms with Crippen LogP contribution < -0.4 is 0 Å². The summed E-state index contributed by atoms with van der Waals surface area (Å²) < 4.78 is 15.0. The maximum atomic E-state index is 11.6. The molecule has 23 heavy (non-hydrogen) atoms. The fraction of sp³-hybridized carbons (Fsp3) is 0.333. The van der Waals surface area contributed by atoms with Crippen molar-refractivity contribution in [1.29, 1.82) is 0 Å². The molecule has 5 heteroatoms. The summed E-state index contributed by atoms with van der Waals surface area (Å²) in [5.74, 6) is -0.543. The van der Waals surface area contributed by atoms with E-state index in [1.54, 1.807) is 13.8 Å². The van der Waals surface area contributed by atoms with Gasteiger partial charge in [0.15, 0.2) is 0 Å². The maximum Gasteiger partial charge on any atom is 0.334 e. The molecule has 0 fully saturated rings. The Balaban J connectivity index is 2.65. The molecular weight excluding hydrogens is 296 g/mol. The average molecular weight is 318 g/mol. The highest BCUT2D eigenvalue weighted by Gasteiger charge is 2.05. The van der Waals surface area contributed by atoms with Crippen LogP contribution in [-0.4, -0.2) is 25.2 Å². The van der Waals surface area contributed by atoms with E-state index in [0.29, 0.717) is 31.8 Å². The number of ether oxygens (including phenoxy) is 3. The van der Waals surface area contributed by atoms with Gasteiger partial charge in [0.2, 0.25) is 0 Å². The first kappa shape index (κ1) is 18.5. The first-order valence-corrected chi connectivity index (χ1v) is 7.57. The molecule has 0 heterocycles. The lowest BCUT2D eigenvalue weighted by Gasteiger charge is -2.07. The Morgan fingerprint density at radius 3 is 2.30 bits per heavy atom. The molecule has 0 aliphatic rings. The van der Waals surface area contributed by atoms with E-state index in [9.17, 15) is 9.59 Å². The summed E-state index contributed by atoms with van der Waals surface area (Å²) in [6.07, 6.45) is 4.90. The number of aryl methyl sites for hydroxylation is 1. The highest BCUT2D eigenvalue weighted by molar-refractivity contribution is 5.82. The van der Waals surface area contributed by atoms with Crippen LogP contribution in [0.3, 0.4) is 0 Å². The molecule has 0 saturated heterocycles. The predicted molar refractivity (Wildman–Crippen MR) is 86.3 cm³/mol. The number of carbonyl (C=O) groups excluding carboxylic acids is 2. The second-order valence-corrected chi connectivity index (χ2v) is 4.52. The second kappa shape index (κ2) is 11.1. The Labute approximate surface area is 136 Å². The molecule has 0 atom stereocenters. The summed E-state index contributed by atoms with van der Waals surface area (Å²) in [4.78, 5) is 22.8. The molecule has 0 bridgehead atoms. The zero-order chi connectivity index (χ0) is 16.9. The van der Waals surface area contributed by atoms with Crippen LogP contribution in [0.25, 0.3) is 0 Å². The van der Waals surface area contributed by atoms with Gasteiger partial charge in [0.25, 0.3) is 0 Å². The summed E-state index contributed by atoms with van der Waals surface area (Å²) in [5, 5.41) is 0. The summed E-state index contributed by atoms with van der Waals surface area (Å²) in [6, 6.07) is 9.83. The number of hydrogen-bond acceptors (Lipinski definition) is 5. The van der Waals surface area contributed by atoms with Gasteiger partial charge in [0.05, 0.1) is 31.6 Å². The van der Waals surface area contributed by atoms with Crippen molar-refractivity contribution in [2.45, 2.75) is 26.7 Å². The zero-order valence-electron chi connectivity index (χ0n) is 13.5. The Hall–Kier alpha value is -2.56. The molecular formula is C18H22O5. The number of esters is 2. The Morgan fingerprint density at radius 1 is 1.00 bits per heavy atom. The van der Waals surface area contributed by atoms with E-state index in [1.165, 1.54) is 18.4 Å². The third kappa shape index (κ3) is 8.46. The van der Waals surface area contributed by atoms with E-state index >= 15 is 0 Å². The van der Waals surface area contributed by atoms with Crippen molar-refractivity contribution in [3.8, 4) is 0 Å². The number of benzene rings is 1. The predicted octanol–water partition coefficient (Wildman–Crippen LogP) is 3.16. The number of allylic oxidation sites excluding steroid dienone is 1. The topological polar surface area (TPSA) is 61.8 Å². The van der Waals surface area contributed by atoms with Gasteiger partial charge in [0.1, 0.15) is 5.76 Å². The highest BCUT2D eigenvalue weighted by Crippen LogP contribution is 2.11. The van der Waals surface area contributed by atoms with E-state index < -0.39 is 11.9 Å². The summed E-state index contributed by atoms with van der Waals surface area (Å²) in [5.41, 5.74) is 1.13. The summed E-state index contributed by atoms with van der Waals surface area (Å²) in [6.45, 7) is 4.04. The molecule has 0 N–H and O–H groups in total. The minimum atomic E-state index is -0.494. The van der Waals surface area contributed by atoms with Crippen molar-refractivity contribution < 1.29 is 23.8 Å². The molecule has 0 spiro atoms. The fourth-order valence-corrected chi connectivity index (χ4v) is 1.76. The van der Waals surface area contributed by atoms with E-state index in [1.807, 2.05) is 30.3 Å². The van der Waals surface area contributed by atoms with Crippen LogP contribution in [0.4, 0.5) is 0 Å². The first-order valence-electron chi connectivity index (χ1n) is 7.57. The standard InChI is InChI=1S/C18H22O5/c1-3-21-17(19)12-13-23-16(14-18(20)22-4-2)11-10-15-8-6-5-7-9-15/h5-9,12-14H,3-4,10-11H2,1-2H3/b13-12+,16-14+. The molecule has 0 amide bonds. The van der Waals surface area contributed by atoms with E-state index in [-0.39, 0.29) is 0 Å². The molecule has 0 saturated carbocycles. The average Bonchev–Trinajstić information content (AvgIpc) is 2.54. The van der Waals surface area contributed by atoms with Crippen LogP contribution in [0.1, 0.15) is 25.8 Å². The van der Waals surface area contributed by atoms with Gasteiger partial charge in [-0.25, -0.2) is 9.59 Å². The largest absolute Gasteiger partial charge is 0.469 e. The van der Waals surface area contributed by atoms with Crippen molar-refractivity contribution in [3.05, 3.63) is 60.1 Å². The minimum absolute atomic E-state index is 0.292. The quantitative estimate of drug-likeness (QED) is 0.397. The maximum absolute atomic E-state index is 11.6. The molecule has 5 nitrogen and oxygen atoms in total. The molecule has 0 unspecified atom stereocenters. The SMILES string of the molecule is CCOC(=O)/C=C/O/C(=C/C(=O)OCC)CCc1ccccc1. The molecule has 1 rings (SSSR count). The minimum Gasteiger partial charge on any atom is -0.469 e. The van der Waals surface area contributed by atoms with Crippen molar-refractivity contribution in [2.75, 3.05) is 13.2 Å². The van der Waals surface area contributed by atoms with Crippen LogP contribution in [0.2, 0.25) is 0 Å². The lowest BCUT2D eigenvalue weighted by molar-refractivity contribution is -0.138. The third-order valence-electron chi connectivity index (χ3n) is 2.78. The van der Waals surface area contributed by atoms with E-state index in [4.69, 9.17) is 14.2 Å². The number of rotatable bonds is 9. The molecule has 0 aliphatic heterocycles. The molecule has 1 aromatic rings. The Kier molecular flexibility index (Phi) is 8.90. The zero-order valence-corrected chi connectivity index (χ0v) is 13.5. The normalized spacial score (nSPS) is 11.3. The fourth-order valence-electron chi connectivity index (χ4n) is 1.76. The van der Waals surface area contributed by atoms with Gasteiger partial charge >= 0.3 is 11.9 Å². The van der Waals surface area contributed by atoms with Crippen LogP contribution >= 0.6 is 0 Å². The van der Waals surface area contributed by atoms with E-state index in [0.717, 1.165) is 5.56 Å². The van der Waals surface area contributed by atoms with Gasteiger partial charge in [-0.3, -0.25) is 0 Å². The molecule has 1 aromatic carbocycles. The molecule has 0 aromatic heterocycles. The molecule has 0 radical (unpaired) electrons. The Morgan fingerprint density at radius 2 is 1.65 bits per heavy atom. The van der Waals surface area contributed by atoms with Crippen LogP contribution in [0.5, 0.6) is 0 Å². The Bertz CT molecular complexity index is 546. The number of hydrogen-bond donors (Lipinski definition) is 0. The van der Waals surface area contributed by atoms with Crippen molar-refractivity contribution >= 4 is 11.9 Å². The smallest absolute Gasteiger partial charge is 0.334 e. The van der Waals surface area contributed by atoms with Crippen molar-refractivity contribution in [1.82, 2.24) is 0 Å². The van der Waals surface area contributed by atoms with Crippen LogP contribution in [-0.2, 0) is 30.2 Å². The first-order chi connectivity index (χ1) is 11.2. The summed E-state index contributed by atoms with van der Waals surface area (Å²) >= 11 is 0. The van der Waals surface area contributed by atoms with Gasteiger partial charge in [-0.2, -0.15) is 0 Å². The summed E-state index contributed by atoms with van der Waals surface area (Å²) in [7, 11) is 0. The van der Waals surface area contributed by atoms with Crippen LogP contribution in [0, 0.1) is 0 Å².